The van der Waals surface area contributed by atoms with Gasteiger partial charge in [0.15, 0.2) is 5.78 Å². The lowest BCUT2D eigenvalue weighted by molar-refractivity contribution is -0.138. The summed E-state index contributed by atoms with van der Waals surface area (Å²) >= 11 is 6.00. The number of nitrogens with zero attached hydrogens (tertiary/aromatic N) is 1. The predicted octanol–water partition coefficient (Wildman–Crippen LogP) is 5.01. The Hall–Kier alpha value is -3.17. The van der Waals surface area contributed by atoms with Crippen molar-refractivity contribution < 1.29 is 32.6 Å². The van der Waals surface area contributed by atoms with E-state index in [0.717, 1.165) is 12.1 Å². The number of rotatable bonds is 4. The summed E-state index contributed by atoms with van der Waals surface area (Å²) in [6, 6.07) is 9.42. The smallest absolute Gasteiger partial charge is 0.417 e. The second-order valence-electron chi connectivity index (χ2n) is 7.65. The normalized spacial score (nSPS) is 18.0. The SMILES string of the molecule is COC(=O)c1ccc(-c2n[nH]c3c2C(O)C(C(=O)c2c(Cl)cccc2C(F)(F)F)CC3)cc1. The molecule has 33 heavy (non-hydrogen) atoms. The Morgan fingerprint density at radius 2 is 1.88 bits per heavy atom. The number of aryl methyl sites for hydroxylation is 1. The lowest BCUT2D eigenvalue weighted by Gasteiger charge is -2.28. The molecular weight excluding hydrogens is 461 g/mol. The maximum atomic E-state index is 13.5. The Balaban J connectivity index is 1.71. The molecule has 3 aromatic rings. The van der Waals surface area contributed by atoms with Crippen LogP contribution in [0.4, 0.5) is 13.2 Å². The number of fused-ring (bicyclic) bond motifs is 1. The zero-order valence-corrected chi connectivity index (χ0v) is 18.0. The fraction of sp³-hybridized carbons (Fsp3) is 0.261. The van der Waals surface area contributed by atoms with E-state index in [4.69, 9.17) is 11.6 Å². The minimum absolute atomic E-state index is 0.123. The van der Waals surface area contributed by atoms with Gasteiger partial charge in [0.1, 0.15) is 0 Å². The quantitative estimate of drug-likeness (QED) is 0.406. The van der Waals surface area contributed by atoms with E-state index in [0.29, 0.717) is 34.5 Å². The van der Waals surface area contributed by atoms with Crippen molar-refractivity contribution in [1.82, 2.24) is 10.2 Å². The van der Waals surface area contributed by atoms with E-state index in [1.54, 1.807) is 12.1 Å². The highest BCUT2D eigenvalue weighted by atomic mass is 35.5. The van der Waals surface area contributed by atoms with Crippen molar-refractivity contribution in [3.8, 4) is 11.3 Å². The molecule has 0 bridgehead atoms. The second-order valence-corrected chi connectivity index (χ2v) is 8.05. The number of carbonyl (C=O) groups is 2. The number of alkyl halides is 3. The van der Waals surface area contributed by atoms with Crippen LogP contribution in [0, 0.1) is 5.92 Å². The summed E-state index contributed by atoms with van der Waals surface area (Å²) < 4.78 is 45.2. The first-order chi connectivity index (χ1) is 15.6. The molecule has 6 nitrogen and oxygen atoms in total. The van der Waals surface area contributed by atoms with Crippen molar-refractivity contribution in [2.75, 3.05) is 7.11 Å². The van der Waals surface area contributed by atoms with Gasteiger partial charge in [0, 0.05) is 22.4 Å². The summed E-state index contributed by atoms with van der Waals surface area (Å²) in [5.41, 5.74) is 0.371. The van der Waals surface area contributed by atoms with Crippen LogP contribution in [-0.4, -0.2) is 34.2 Å². The summed E-state index contributed by atoms with van der Waals surface area (Å²) in [7, 11) is 1.26. The number of ketones is 1. The fourth-order valence-corrected chi connectivity index (χ4v) is 4.40. The Morgan fingerprint density at radius 1 is 1.18 bits per heavy atom. The standard InChI is InChI=1S/C23H18ClF3N2O4/c1-33-22(32)12-7-5-11(6-8-12)19-18-16(28-29-19)10-9-13(21(18)31)20(30)17-14(23(25,26)27)3-2-4-15(17)24/h2-8,13,21,31H,9-10H2,1H3,(H,28,29). The van der Waals surface area contributed by atoms with Gasteiger partial charge < -0.3 is 9.84 Å². The Morgan fingerprint density at radius 3 is 2.52 bits per heavy atom. The van der Waals surface area contributed by atoms with Gasteiger partial charge in [-0.3, -0.25) is 9.89 Å². The van der Waals surface area contributed by atoms with E-state index in [9.17, 15) is 27.9 Å². The maximum Gasteiger partial charge on any atom is 0.417 e. The van der Waals surface area contributed by atoms with Gasteiger partial charge in [-0.15, -0.1) is 0 Å². The van der Waals surface area contributed by atoms with Crippen LogP contribution in [0.25, 0.3) is 11.3 Å². The molecule has 4 rings (SSSR count). The van der Waals surface area contributed by atoms with Crippen LogP contribution < -0.4 is 0 Å². The molecule has 2 atom stereocenters. The van der Waals surface area contributed by atoms with E-state index < -0.39 is 41.1 Å². The molecule has 0 radical (unpaired) electrons. The van der Waals surface area contributed by atoms with E-state index >= 15 is 0 Å². The number of aliphatic hydroxyl groups excluding tert-OH is 1. The van der Waals surface area contributed by atoms with Crippen LogP contribution in [0.5, 0.6) is 0 Å². The summed E-state index contributed by atoms with van der Waals surface area (Å²) in [6.07, 6.45) is -5.74. The lowest BCUT2D eigenvalue weighted by atomic mass is 9.78. The van der Waals surface area contributed by atoms with Crippen LogP contribution in [-0.2, 0) is 17.3 Å². The zero-order chi connectivity index (χ0) is 23.9. The molecule has 2 unspecified atom stereocenters. The van der Waals surface area contributed by atoms with Crippen LogP contribution in [0.3, 0.4) is 0 Å². The van der Waals surface area contributed by atoms with Gasteiger partial charge in [-0.1, -0.05) is 29.8 Å². The third-order valence-electron chi connectivity index (χ3n) is 5.75. The number of halogens is 4. The number of hydrogen-bond acceptors (Lipinski definition) is 5. The highest BCUT2D eigenvalue weighted by molar-refractivity contribution is 6.34. The second kappa shape index (κ2) is 8.64. The molecule has 0 aliphatic heterocycles. The summed E-state index contributed by atoms with van der Waals surface area (Å²) in [5, 5.41) is 17.8. The van der Waals surface area contributed by atoms with E-state index in [-0.39, 0.29) is 11.4 Å². The molecule has 0 spiro atoms. The Kier molecular flexibility index (Phi) is 6.02. The van der Waals surface area contributed by atoms with Gasteiger partial charge in [-0.2, -0.15) is 18.3 Å². The number of methoxy groups -OCH3 is 1. The fourth-order valence-electron chi connectivity index (χ4n) is 4.13. The third-order valence-corrected chi connectivity index (χ3v) is 6.06. The number of aromatic nitrogens is 2. The molecular formula is C23H18ClF3N2O4. The number of hydrogen-bond donors (Lipinski definition) is 2. The molecule has 1 aliphatic carbocycles. The first kappa shape index (κ1) is 23.0. The van der Waals surface area contributed by atoms with Crippen molar-refractivity contribution in [3.63, 3.8) is 0 Å². The van der Waals surface area contributed by atoms with Gasteiger partial charge in [0.25, 0.3) is 0 Å². The number of esters is 1. The molecule has 1 aliphatic rings. The van der Waals surface area contributed by atoms with E-state index in [2.05, 4.69) is 14.9 Å². The third kappa shape index (κ3) is 4.14. The lowest BCUT2D eigenvalue weighted by Crippen LogP contribution is -2.29. The maximum absolute atomic E-state index is 13.5. The Labute approximate surface area is 191 Å². The number of ether oxygens (including phenoxy) is 1. The molecule has 2 aromatic carbocycles. The molecule has 0 saturated heterocycles. The molecule has 10 heteroatoms. The number of carbonyl (C=O) groups excluding carboxylic acids is 2. The molecule has 1 heterocycles. The van der Waals surface area contributed by atoms with Crippen molar-refractivity contribution in [2.24, 2.45) is 5.92 Å². The first-order valence-corrected chi connectivity index (χ1v) is 10.3. The average molecular weight is 479 g/mol. The monoisotopic (exact) mass is 478 g/mol. The van der Waals surface area contributed by atoms with Gasteiger partial charge in [0.2, 0.25) is 0 Å². The average Bonchev–Trinajstić information content (AvgIpc) is 3.23. The van der Waals surface area contributed by atoms with Crippen molar-refractivity contribution in [2.45, 2.75) is 25.1 Å². The van der Waals surface area contributed by atoms with Gasteiger partial charge in [-0.25, -0.2) is 4.79 Å². The highest BCUT2D eigenvalue weighted by Crippen LogP contribution is 2.43. The number of aliphatic hydroxyl groups is 1. The molecule has 172 valence electrons. The Bertz CT molecular complexity index is 1220. The largest absolute Gasteiger partial charge is 0.465 e. The predicted molar refractivity (Wildman–Crippen MR) is 113 cm³/mol. The molecule has 0 amide bonds. The van der Waals surface area contributed by atoms with Crippen molar-refractivity contribution >= 4 is 23.4 Å². The molecule has 1 aromatic heterocycles. The van der Waals surface area contributed by atoms with E-state index in [1.165, 1.54) is 25.3 Å². The summed E-state index contributed by atoms with van der Waals surface area (Å²) in [4.78, 5) is 24.9. The van der Waals surface area contributed by atoms with Crippen molar-refractivity contribution in [1.29, 1.82) is 0 Å². The number of benzene rings is 2. The first-order valence-electron chi connectivity index (χ1n) is 9.97. The molecule has 2 N–H and O–H groups in total. The minimum atomic E-state index is -4.77. The summed E-state index contributed by atoms with van der Waals surface area (Å²) in [5.74, 6) is -2.53. The molecule has 0 saturated carbocycles. The van der Waals surface area contributed by atoms with Crippen LogP contribution in [0.2, 0.25) is 5.02 Å². The topological polar surface area (TPSA) is 92.3 Å². The minimum Gasteiger partial charge on any atom is -0.465 e. The van der Waals surface area contributed by atoms with Crippen molar-refractivity contribution in [3.05, 3.63) is 75.4 Å². The molecule has 0 fully saturated rings. The van der Waals surface area contributed by atoms with Crippen LogP contribution in [0.15, 0.2) is 42.5 Å². The van der Waals surface area contributed by atoms with Gasteiger partial charge in [-0.05, 0) is 37.1 Å². The number of aromatic amines is 1. The number of nitrogens with one attached hydrogen (secondary N) is 1. The number of H-pyrrole nitrogens is 1. The van der Waals surface area contributed by atoms with Crippen LogP contribution >= 0.6 is 11.6 Å². The van der Waals surface area contributed by atoms with Crippen LogP contribution in [0.1, 0.15) is 50.1 Å². The summed E-state index contributed by atoms with van der Waals surface area (Å²) in [6.45, 7) is 0. The van der Waals surface area contributed by atoms with Gasteiger partial charge >= 0.3 is 12.1 Å². The van der Waals surface area contributed by atoms with Gasteiger partial charge in [0.05, 0.1) is 41.0 Å². The zero-order valence-electron chi connectivity index (χ0n) is 17.2. The van der Waals surface area contributed by atoms with E-state index in [1.807, 2.05) is 0 Å². The number of Topliss-reactive ketones (excluding diaryl/α,β-unsaturated/α-hetero) is 1. The highest BCUT2D eigenvalue weighted by Gasteiger charge is 2.42.